The molecule has 0 aliphatic rings. The van der Waals surface area contributed by atoms with E-state index in [-0.39, 0.29) is 6.03 Å². The maximum atomic E-state index is 12.6. The first kappa shape index (κ1) is 17.7. The molecule has 2 N–H and O–H groups in total. The van der Waals surface area contributed by atoms with E-state index in [1.54, 1.807) is 0 Å². The summed E-state index contributed by atoms with van der Waals surface area (Å²) in [6.45, 7) is 10.6. The number of rotatable bonds is 4. The van der Waals surface area contributed by atoms with Gasteiger partial charge in [-0.1, -0.05) is 12.1 Å². The summed E-state index contributed by atoms with van der Waals surface area (Å²) in [4.78, 5) is 12.6. The number of para-hydroxylation sites is 2. The molecule has 2 aromatic heterocycles. The van der Waals surface area contributed by atoms with E-state index in [0.717, 1.165) is 40.7 Å². The fraction of sp³-hybridized carbons (Fsp3) is 0.316. The third kappa shape index (κ3) is 3.33. The summed E-state index contributed by atoms with van der Waals surface area (Å²) in [5.74, 6) is 0. The summed E-state index contributed by atoms with van der Waals surface area (Å²) in [6, 6.07) is 9.30. The predicted octanol–water partition coefficient (Wildman–Crippen LogP) is 3.97. The molecular formula is C19H24N6O. The van der Waals surface area contributed by atoms with E-state index in [1.807, 2.05) is 74.3 Å². The van der Waals surface area contributed by atoms with E-state index in [1.165, 1.54) is 0 Å². The van der Waals surface area contributed by atoms with Crippen LogP contribution in [-0.4, -0.2) is 25.6 Å². The number of carbonyl (C=O) groups excluding carboxylic acids is 1. The lowest BCUT2D eigenvalue weighted by atomic mass is 10.2. The lowest BCUT2D eigenvalue weighted by Crippen LogP contribution is -2.21. The molecule has 3 aromatic rings. The smallest absolute Gasteiger partial charge is 0.306 e. The van der Waals surface area contributed by atoms with Crippen molar-refractivity contribution in [2.45, 2.75) is 41.2 Å². The van der Waals surface area contributed by atoms with Crippen molar-refractivity contribution in [2.75, 3.05) is 10.6 Å². The molecule has 0 spiro atoms. The van der Waals surface area contributed by atoms with Gasteiger partial charge in [0.15, 0.2) is 0 Å². The van der Waals surface area contributed by atoms with Crippen LogP contribution in [0.2, 0.25) is 0 Å². The summed E-state index contributed by atoms with van der Waals surface area (Å²) in [6.07, 6.45) is 0. The molecule has 0 saturated carbocycles. The minimum absolute atomic E-state index is 0.305. The standard InChI is InChI=1S/C19H24N6O/c1-6-24-15(5)18(14(4)23-24)21-19(26)20-16-9-7-8-10-17(16)25-13(3)11-12(2)22-25/h7-11H,6H2,1-5H3,(H2,20,21,26). The zero-order chi connectivity index (χ0) is 18.8. The largest absolute Gasteiger partial charge is 0.323 e. The minimum atomic E-state index is -0.305. The van der Waals surface area contributed by atoms with Gasteiger partial charge in [0, 0.05) is 12.2 Å². The Hall–Kier alpha value is -3.09. The molecule has 0 aliphatic carbocycles. The highest BCUT2D eigenvalue weighted by Gasteiger charge is 2.15. The Bertz CT molecular complexity index is 953. The number of aromatic nitrogens is 4. The van der Waals surface area contributed by atoms with Crippen LogP contribution in [0.3, 0.4) is 0 Å². The van der Waals surface area contributed by atoms with Crippen molar-refractivity contribution >= 4 is 17.4 Å². The van der Waals surface area contributed by atoms with Gasteiger partial charge in [-0.2, -0.15) is 10.2 Å². The molecule has 26 heavy (non-hydrogen) atoms. The van der Waals surface area contributed by atoms with Crippen LogP contribution in [0, 0.1) is 27.7 Å². The normalized spacial score (nSPS) is 10.8. The van der Waals surface area contributed by atoms with Crippen LogP contribution < -0.4 is 10.6 Å². The number of hydrogen-bond acceptors (Lipinski definition) is 3. The van der Waals surface area contributed by atoms with E-state index in [0.29, 0.717) is 5.69 Å². The predicted molar refractivity (Wildman–Crippen MR) is 103 cm³/mol. The number of amides is 2. The number of anilines is 2. The van der Waals surface area contributed by atoms with Crippen LogP contribution in [0.1, 0.15) is 29.7 Å². The van der Waals surface area contributed by atoms with Crippen LogP contribution >= 0.6 is 0 Å². The molecule has 0 saturated heterocycles. The number of aryl methyl sites for hydroxylation is 4. The summed E-state index contributed by atoms with van der Waals surface area (Å²) in [5.41, 5.74) is 5.93. The third-order valence-corrected chi connectivity index (χ3v) is 4.31. The monoisotopic (exact) mass is 352 g/mol. The number of nitrogens with zero attached hydrogens (tertiary/aromatic N) is 4. The SMILES string of the molecule is CCn1nc(C)c(NC(=O)Nc2ccccc2-n2nc(C)cc2C)c1C. The molecular weight excluding hydrogens is 328 g/mol. The van der Waals surface area contributed by atoms with Crippen LogP contribution in [0.5, 0.6) is 0 Å². The van der Waals surface area contributed by atoms with Crippen molar-refractivity contribution in [1.82, 2.24) is 19.6 Å². The Labute approximate surface area is 153 Å². The highest BCUT2D eigenvalue weighted by Crippen LogP contribution is 2.23. The highest BCUT2D eigenvalue weighted by atomic mass is 16.2. The zero-order valence-electron chi connectivity index (χ0n) is 15.8. The van der Waals surface area contributed by atoms with Crippen molar-refractivity contribution in [3.05, 3.63) is 53.1 Å². The summed E-state index contributed by atoms with van der Waals surface area (Å²) < 4.78 is 3.70. The van der Waals surface area contributed by atoms with Crippen LogP contribution in [-0.2, 0) is 6.54 Å². The summed E-state index contributed by atoms with van der Waals surface area (Å²) in [7, 11) is 0. The van der Waals surface area contributed by atoms with Crippen LogP contribution in [0.25, 0.3) is 5.69 Å². The molecule has 3 rings (SSSR count). The molecule has 7 nitrogen and oxygen atoms in total. The molecule has 136 valence electrons. The first-order valence-electron chi connectivity index (χ1n) is 8.65. The topological polar surface area (TPSA) is 76.8 Å². The van der Waals surface area contributed by atoms with Gasteiger partial charge in [0.2, 0.25) is 0 Å². The van der Waals surface area contributed by atoms with Gasteiger partial charge in [-0.15, -0.1) is 0 Å². The van der Waals surface area contributed by atoms with Crippen molar-refractivity contribution in [3.63, 3.8) is 0 Å². The fourth-order valence-electron chi connectivity index (χ4n) is 3.09. The second-order valence-electron chi connectivity index (χ2n) is 6.30. The third-order valence-electron chi connectivity index (χ3n) is 4.31. The number of carbonyl (C=O) groups is 1. The van der Waals surface area contributed by atoms with Crippen molar-refractivity contribution in [3.8, 4) is 5.69 Å². The van der Waals surface area contributed by atoms with E-state index in [2.05, 4.69) is 20.8 Å². The Morgan fingerprint density at radius 3 is 2.42 bits per heavy atom. The van der Waals surface area contributed by atoms with Crippen molar-refractivity contribution in [1.29, 1.82) is 0 Å². The van der Waals surface area contributed by atoms with Gasteiger partial charge in [0.1, 0.15) is 0 Å². The van der Waals surface area contributed by atoms with E-state index in [9.17, 15) is 4.79 Å². The lowest BCUT2D eigenvalue weighted by molar-refractivity contribution is 0.262. The maximum absolute atomic E-state index is 12.6. The molecule has 0 atom stereocenters. The summed E-state index contributed by atoms with van der Waals surface area (Å²) >= 11 is 0. The van der Waals surface area contributed by atoms with Gasteiger partial charge < -0.3 is 10.6 Å². The quantitative estimate of drug-likeness (QED) is 0.746. The van der Waals surface area contributed by atoms with E-state index >= 15 is 0 Å². The Morgan fingerprint density at radius 2 is 1.81 bits per heavy atom. The Balaban J connectivity index is 1.85. The van der Waals surface area contributed by atoms with Crippen molar-refractivity contribution < 1.29 is 4.79 Å². The number of nitrogens with one attached hydrogen (secondary N) is 2. The fourth-order valence-corrected chi connectivity index (χ4v) is 3.09. The lowest BCUT2D eigenvalue weighted by Gasteiger charge is -2.13. The highest BCUT2D eigenvalue weighted by molar-refractivity contribution is 6.01. The molecule has 0 bridgehead atoms. The molecule has 0 unspecified atom stereocenters. The van der Waals surface area contributed by atoms with Gasteiger partial charge in [0.05, 0.1) is 34.1 Å². The number of benzene rings is 1. The van der Waals surface area contributed by atoms with Crippen LogP contribution in [0.4, 0.5) is 16.2 Å². The van der Waals surface area contributed by atoms with E-state index in [4.69, 9.17) is 0 Å². The molecule has 2 heterocycles. The first-order chi connectivity index (χ1) is 12.4. The molecule has 2 amide bonds. The maximum Gasteiger partial charge on any atom is 0.323 e. The van der Waals surface area contributed by atoms with Crippen molar-refractivity contribution in [2.24, 2.45) is 0 Å². The Morgan fingerprint density at radius 1 is 1.08 bits per heavy atom. The van der Waals surface area contributed by atoms with Gasteiger partial charge in [-0.25, -0.2) is 9.48 Å². The van der Waals surface area contributed by atoms with Gasteiger partial charge in [-0.3, -0.25) is 4.68 Å². The number of urea groups is 1. The molecule has 0 aliphatic heterocycles. The first-order valence-corrected chi connectivity index (χ1v) is 8.65. The molecule has 1 aromatic carbocycles. The summed E-state index contributed by atoms with van der Waals surface area (Å²) in [5, 5.41) is 14.8. The van der Waals surface area contributed by atoms with Gasteiger partial charge in [-0.05, 0) is 52.8 Å². The second kappa shape index (κ2) is 7.03. The minimum Gasteiger partial charge on any atom is -0.306 e. The Kier molecular flexibility index (Phi) is 4.79. The van der Waals surface area contributed by atoms with Crippen LogP contribution in [0.15, 0.2) is 30.3 Å². The van der Waals surface area contributed by atoms with E-state index < -0.39 is 0 Å². The second-order valence-corrected chi connectivity index (χ2v) is 6.30. The van der Waals surface area contributed by atoms with Gasteiger partial charge in [0.25, 0.3) is 0 Å². The number of hydrogen-bond donors (Lipinski definition) is 2. The van der Waals surface area contributed by atoms with Gasteiger partial charge >= 0.3 is 6.03 Å². The zero-order valence-corrected chi connectivity index (χ0v) is 15.8. The molecule has 0 radical (unpaired) electrons. The molecule has 0 fully saturated rings. The molecule has 7 heteroatoms. The average molecular weight is 352 g/mol. The average Bonchev–Trinajstić information content (AvgIpc) is 3.08.